The molecule has 0 fully saturated rings. The molecule has 0 spiro atoms. The maximum atomic E-state index is 5.96. The molecular formula is C8H7ClIN3S. The van der Waals surface area contributed by atoms with E-state index in [9.17, 15) is 0 Å². The van der Waals surface area contributed by atoms with Gasteiger partial charge in [0, 0.05) is 9.13 Å². The lowest BCUT2D eigenvalue weighted by atomic mass is 10.2. The zero-order chi connectivity index (χ0) is 10.6. The summed E-state index contributed by atoms with van der Waals surface area (Å²) in [6.07, 6.45) is 1.57. The van der Waals surface area contributed by atoms with Crippen LogP contribution in [0.3, 0.4) is 0 Å². The number of nitrogens with two attached hydrogens (primary N) is 1. The molecule has 0 aliphatic rings. The molecule has 3 nitrogen and oxygen atoms in total. The molecule has 74 valence electrons. The Balaban J connectivity index is 2.76. The molecule has 0 atom stereocenters. The predicted octanol–water partition coefficient (Wildman–Crippen LogP) is 2.11. The van der Waals surface area contributed by atoms with Gasteiger partial charge in [-0.25, -0.2) is 0 Å². The summed E-state index contributed by atoms with van der Waals surface area (Å²) >= 11 is 12.7. The van der Waals surface area contributed by atoms with E-state index in [0.29, 0.717) is 5.02 Å². The highest BCUT2D eigenvalue weighted by Crippen LogP contribution is 2.17. The average molecular weight is 340 g/mol. The summed E-state index contributed by atoms with van der Waals surface area (Å²) in [6.45, 7) is 0. The highest BCUT2D eigenvalue weighted by Gasteiger charge is 1.97. The highest BCUT2D eigenvalue weighted by atomic mass is 127. The van der Waals surface area contributed by atoms with Crippen LogP contribution >= 0.6 is 46.4 Å². The number of halogens is 2. The molecule has 1 rings (SSSR count). The lowest BCUT2D eigenvalue weighted by Crippen LogP contribution is -2.24. The second kappa shape index (κ2) is 5.47. The molecule has 0 aromatic heterocycles. The smallest absolute Gasteiger partial charge is 0.184 e. The second-order valence-corrected chi connectivity index (χ2v) is 4.49. The number of hydrazone groups is 1. The molecule has 0 amide bonds. The van der Waals surface area contributed by atoms with Gasteiger partial charge in [0.2, 0.25) is 0 Å². The predicted molar refractivity (Wildman–Crippen MR) is 71.7 cm³/mol. The summed E-state index contributed by atoms with van der Waals surface area (Å²) in [6, 6.07) is 5.66. The van der Waals surface area contributed by atoms with E-state index in [-0.39, 0.29) is 5.11 Å². The Labute approximate surface area is 106 Å². The molecule has 0 bridgehead atoms. The first-order valence-corrected chi connectivity index (χ1v) is 5.49. The van der Waals surface area contributed by atoms with Crippen LogP contribution in [0.25, 0.3) is 0 Å². The Morgan fingerprint density at radius 3 is 2.93 bits per heavy atom. The summed E-state index contributed by atoms with van der Waals surface area (Å²) in [7, 11) is 0. The van der Waals surface area contributed by atoms with E-state index in [1.54, 1.807) is 6.21 Å². The fourth-order valence-electron chi connectivity index (χ4n) is 0.772. The van der Waals surface area contributed by atoms with Crippen LogP contribution in [0.2, 0.25) is 5.02 Å². The Hall–Kier alpha value is -0.400. The molecule has 1 aromatic rings. The van der Waals surface area contributed by atoms with Gasteiger partial charge in [-0.1, -0.05) is 17.7 Å². The quantitative estimate of drug-likeness (QED) is 0.375. The molecule has 0 unspecified atom stereocenters. The first-order chi connectivity index (χ1) is 6.59. The molecular weight excluding hydrogens is 333 g/mol. The first kappa shape index (κ1) is 11.7. The van der Waals surface area contributed by atoms with Crippen LogP contribution in [0, 0.1) is 3.57 Å². The van der Waals surface area contributed by atoms with E-state index < -0.39 is 0 Å². The number of hydrogen-bond donors (Lipinski definition) is 2. The molecule has 0 heterocycles. The lowest BCUT2D eigenvalue weighted by Gasteiger charge is -1.98. The lowest BCUT2D eigenvalue weighted by molar-refractivity contribution is 1.04. The summed E-state index contributed by atoms with van der Waals surface area (Å²) in [5, 5.41) is 4.58. The van der Waals surface area contributed by atoms with Crippen LogP contribution in [0.1, 0.15) is 5.56 Å². The van der Waals surface area contributed by atoms with Crippen molar-refractivity contribution in [3.05, 3.63) is 32.4 Å². The topological polar surface area (TPSA) is 50.4 Å². The maximum absolute atomic E-state index is 5.96. The second-order valence-electron chi connectivity index (χ2n) is 2.40. The van der Waals surface area contributed by atoms with Gasteiger partial charge in [0.15, 0.2) is 5.11 Å². The van der Waals surface area contributed by atoms with Crippen molar-refractivity contribution in [3.8, 4) is 0 Å². The van der Waals surface area contributed by atoms with Crippen molar-refractivity contribution < 1.29 is 0 Å². The third kappa shape index (κ3) is 3.77. The van der Waals surface area contributed by atoms with Crippen molar-refractivity contribution in [3.63, 3.8) is 0 Å². The SMILES string of the molecule is NC(=S)NN=Cc1ccc(I)cc1Cl. The van der Waals surface area contributed by atoms with Crippen molar-refractivity contribution >= 4 is 57.7 Å². The molecule has 1 aromatic carbocycles. The molecule has 14 heavy (non-hydrogen) atoms. The van der Waals surface area contributed by atoms with Crippen LogP contribution in [0.5, 0.6) is 0 Å². The van der Waals surface area contributed by atoms with Crippen molar-refractivity contribution in [2.75, 3.05) is 0 Å². The number of rotatable bonds is 2. The average Bonchev–Trinajstić information content (AvgIpc) is 2.08. The molecule has 0 saturated carbocycles. The number of thiocarbonyl (C=S) groups is 1. The van der Waals surface area contributed by atoms with E-state index in [4.69, 9.17) is 17.3 Å². The Morgan fingerprint density at radius 2 is 2.36 bits per heavy atom. The van der Waals surface area contributed by atoms with E-state index in [0.717, 1.165) is 9.13 Å². The highest BCUT2D eigenvalue weighted by molar-refractivity contribution is 14.1. The fourth-order valence-corrected chi connectivity index (χ4v) is 1.73. The van der Waals surface area contributed by atoms with E-state index in [1.165, 1.54) is 0 Å². The maximum Gasteiger partial charge on any atom is 0.184 e. The summed E-state index contributed by atoms with van der Waals surface area (Å²) in [5.74, 6) is 0. The van der Waals surface area contributed by atoms with E-state index >= 15 is 0 Å². The van der Waals surface area contributed by atoms with E-state index in [1.807, 2.05) is 18.2 Å². The number of nitrogens with one attached hydrogen (secondary N) is 1. The van der Waals surface area contributed by atoms with Gasteiger partial charge in [-0.15, -0.1) is 0 Å². The molecule has 0 radical (unpaired) electrons. The Kier molecular flexibility index (Phi) is 4.56. The zero-order valence-electron chi connectivity index (χ0n) is 7.00. The van der Waals surface area contributed by atoms with Crippen molar-refractivity contribution in [2.45, 2.75) is 0 Å². The van der Waals surface area contributed by atoms with Crippen LogP contribution in [-0.4, -0.2) is 11.3 Å². The minimum atomic E-state index is 0.128. The zero-order valence-corrected chi connectivity index (χ0v) is 10.7. The third-order valence-corrected chi connectivity index (χ3v) is 2.43. The largest absolute Gasteiger partial charge is 0.375 e. The minimum absolute atomic E-state index is 0.128. The van der Waals surface area contributed by atoms with Gasteiger partial charge in [-0.05, 0) is 46.9 Å². The molecule has 6 heteroatoms. The Morgan fingerprint density at radius 1 is 1.64 bits per heavy atom. The van der Waals surface area contributed by atoms with Crippen LogP contribution in [0.15, 0.2) is 23.3 Å². The van der Waals surface area contributed by atoms with Crippen molar-refractivity contribution in [1.29, 1.82) is 0 Å². The molecule has 0 aliphatic carbocycles. The van der Waals surface area contributed by atoms with Crippen LogP contribution in [0.4, 0.5) is 0 Å². The van der Waals surface area contributed by atoms with Gasteiger partial charge in [-0.3, -0.25) is 5.43 Å². The van der Waals surface area contributed by atoms with Gasteiger partial charge < -0.3 is 5.73 Å². The van der Waals surface area contributed by atoms with Gasteiger partial charge in [0.1, 0.15) is 0 Å². The first-order valence-electron chi connectivity index (χ1n) is 3.63. The standard InChI is InChI=1S/C8H7ClIN3S/c9-7-3-6(10)2-1-5(7)4-12-13-8(11)14/h1-4H,(H3,11,13,14). The van der Waals surface area contributed by atoms with E-state index in [2.05, 4.69) is 45.3 Å². The van der Waals surface area contributed by atoms with Gasteiger partial charge in [0.05, 0.1) is 11.2 Å². The van der Waals surface area contributed by atoms with Gasteiger partial charge in [0.25, 0.3) is 0 Å². The normalized spacial score (nSPS) is 10.4. The summed E-state index contributed by atoms with van der Waals surface area (Å²) < 4.78 is 1.08. The summed E-state index contributed by atoms with van der Waals surface area (Å²) in [5.41, 5.74) is 8.46. The summed E-state index contributed by atoms with van der Waals surface area (Å²) in [4.78, 5) is 0. The van der Waals surface area contributed by atoms with Crippen LogP contribution in [-0.2, 0) is 0 Å². The van der Waals surface area contributed by atoms with Gasteiger partial charge in [-0.2, -0.15) is 5.10 Å². The molecule has 0 aliphatic heterocycles. The third-order valence-electron chi connectivity index (χ3n) is 1.34. The van der Waals surface area contributed by atoms with Crippen molar-refractivity contribution in [2.24, 2.45) is 10.8 Å². The van der Waals surface area contributed by atoms with Crippen molar-refractivity contribution in [1.82, 2.24) is 5.43 Å². The van der Waals surface area contributed by atoms with Crippen LogP contribution < -0.4 is 11.2 Å². The number of benzene rings is 1. The molecule has 0 saturated heterocycles. The van der Waals surface area contributed by atoms with Gasteiger partial charge >= 0.3 is 0 Å². The minimum Gasteiger partial charge on any atom is -0.375 e. The number of hydrogen-bond acceptors (Lipinski definition) is 2. The number of nitrogens with zero attached hydrogens (tertiary/aromatic N) is 1. The fraction of sp³-hybridized carbons (Fsp3) is 0. The molecule has 3 N–H and O–H groups in total. The Bertz CT molecular complexity index is 381. The monoisotopic (exact) mass is 339 g/mol.